The van der Waals surface area contributed by atoms with Crippen LogP contribution in [-0.2, 0) is 25.9 Å². The van der Waals surface area contributed by atoms with E-state index >= 15 is 0 Å². The van der Waals surface area contributed by atoms with Gasteiger partial charge in [0.1, 0.15) is 22.8 Å². The Hall–Kier alpha value is -5.41. The Bertz CT molecular complexity index is 2140. The normalized spacial score (nSPS) is 13.8. The van der Waals surface area contributed by atoms with Crippen LogP contribution in [0.25, 0.3) is 10.1 Å². The number of alkyl halides is 1. The summed E-state index contributed by atoms with van der Waals surface area (Å²) < 4.78 is 5.75. The molecule has 50 heavy (non-hydrogen) atoms. The smallest absolute Gasteiger partial charge is 0.272 e. The number of primary amides is 1. The molecule has 16 heteroatoms. The maximum Gasteiger partial charge on any atom is 0.272 e. The maximum atomic E-state index is 13.3. The molecule has 4 aromatic heterocycles. The number of amides is 4. The van der Waals surface area contributed by atoms with Crippen LogP contribution in [-0.4, -0.2) is 68.1 Å². The number of nitrogens with two attached hydrogens (primary N) is 1. The minimum Gasteiger partial charge on any atom is -0.506 e. The number of nitrogens with one attached hydrogen (secondary N) is 4. The van der Waals surface area contributed by atoms with E-state index in [0.29, 0.717) is 41.9 Å². The molecule has 5 aromatic rings. The van der Waals surface area contributed by atoms with E-state index in [1.54, 1.807) is 59.4 Å². The van der Waals surface area contributed by atoms with E-state index in [1.807, 2.05) is 12.3 Å². The molecule has 0 radical (unpaired) electrons. The topological polar surface area (TPSA) is 181 Å². The number of nitrogens with zero attached hydrogens (tertiary/aromatic N) is 4. The van der Waals surface area contributed by atoms with Gasteiger partial charge in [-0.2, -0.15) is 0 Å². The lowest BCUT2D eigenvalue weighted by Crippen LogP contribution is -2.29. The summed E-state index contributed by atoms with van der Waals surface area (Å²) in [5.41, 5.74) is 10.9. The Labute approximate surface area is 296 Å². The molecule has 14 nitrogen and oxygen atoms in total. The third kappa shape index (κ3) is 6.73. The van der Waals surface area contributed by atoms with E-state index in [2.05, 4.69) is 38.5 Å². The molecule has 0 spiro atoms. The molecular weight excluding hydrogens is 682 g/mol. The number of phenolic OH excluding ortho intramolecular Hbond substituents is 1. The van der Waals surface area contributed by atoms with Gasteiger partial charge in [-0.3, -0.25) is 19.2 Å². The molecule has 4 amide bonds. The largest absolute Gasteiger partial charge is 0.506 e. The second-order valence-corrected chi connectivity index (χ2v) is 13.6. The van der Waals surface area contributed by atoms with E-state index in [1.165, 1.54) is 17.4 Å². The zero-order valence-corrected chi connectivity index (χ0v) is 29.5. The second kappa shape index (κ2) is 13.8. The number of fused-ring (bicyclic) bond motifs is 3. The predicted molar refractivity (Wildman–Crippen MR) is 196 cm³/mol. The lowest BCUT2D eigenvalue weighted by Gasteiger charge is -2.21. The maximum absolute atomic E-state index is 13.3. The Morgan fingerprint density at radius 3 is 2.04 bits per heavy atom. The molecule has 0 fully saturated rings. The summed E-state index contributed by atoms with van der Waals surface area (Å²) in [6.07, 6.45) is 5.07. The van der Waals surface area contributed by atoms with Crippen molar-refractivity contribution >= 4 is 79.4 Å². The number of aromatic hydroxyl groups is 1. The lowest BCUT2D eigenvalue weighted by atomic mass is 9.97. The number of halogens is 1. The summed E-state index contributed by atoms with van der Waals surface area (Å²) in [5.74, 6) is -0.886. The third-order valence-corrected chi connectivity index (χ3v) is 10.3. The number of carbonyl (C=O) groups is 4. The van der Waals surface area contributed by atoms with Gasteiger partial charge in [0.25, 0.3) is 17.7 Å². The number of anilines is 4. The molecule has 1 aliphatic rings. The van der Waals surface area contributed by atoms with Crippen molar-refractivity contribution in [2.45, 2.75) is 19.3 Å². The van der Waals surface area contributed by atoms with Crippen molar-refractivity contribution in [2.24, 2.45) is 26.9 Å². The van der Waals surface area contributed by atoms with Gasteiger partial charge >= 0.3 is 0 Å². The second-order valence-electron chi connectivity index (χ2n) is 12.4. The number of carbonyl (C=O) groups excluding carboxylic acids is 4. The first kappa shape index (κ1) is 34.5. The average molecular weight is 720 g/mol. The Morgan fingerprint density at radius 2 is 1.46 bits per heavy atom. The van der Waals surface area contributed by atoms with Crippen molar-refractivity contribution in [1.29, 1.82) is 0 Å². The highest BCUT2D eigenvalue weighted by Gasteiger charge is 2.32. The number of aromatic nitrogens is 3. The van der Waals surface area contributed by atoms with Crippen molar-refractivity contribution in [1.82, 2.24) is 19.0 Å². The predicted octanol–water partition coefficient (Wildman–Crippen LogP) is 4.25. The third-order valence-electron chi connectivity index (χ3n) is 8.76. The molecule has 262 valence electrons. The summed E-state index contributed by atoms with van der Waals surface area (Å²) in [6, 6.07) is 6.65. The molecule has 5 heterocycles. The van der Waals surface area contributed by atoms with Crippen molar-refractivity contribution in [2.75, 3.05) is 46.5 Å². The highest BCUT2D eigenvalue weighted by molar-refractivity contribution is 7.17. The summed E-state index contributed by atoms with van der Waals surface area (Å²) in [4.78, 5) is 52.0. The summed E-state index contributed by atoms with van der Waals surface area (Å²) in [6.45, 7) is 3.30. The number of aryl methyl sites for hydroxylation is 4. The van der Waals surface area contributed by atoms with Crippen LogP contribution in [0, 0.1) is 6.92 Å². The highest BCUT2D eigenvalue weighted by atomic mass is 35.5. The molecule has 0 bridgehead atoms. The van der Waals surface area contributed by atoms with Crippen LogP contribution >= 0.6 is 22.9 Å². The van der Waals surface area contributed by atoms with E-state index in [9.17, 15) is 24.3 Å². The number of hydrogen-bond acceptors (Lipinski definition) is 8. The van der Waals surface area contributed by atoms with Crippen molar-refractivity contribution in [3.8, 4) is 5.75 Å². The zero-order valence-electron chi connectivity index (χ0n) is 28.0. The number of benzene rings is 1. The van der Waals surface area contributed by atoms with Crippen LogP contribution in [0.5, 0.6) is 5.75 Å². The Kier molecular flexibility index (Phi) is 9.54. The molecule has 0 saturated heterocycles. The first-order valence-electron chi connectivity index (χ1n) is 15.8. The number of hydrogen-bond donors (Lipinski definition) is 6. The monoisotopic (exact) mass is 719 g/mol. The van der Waals surface area contributed by atoms with Gasteiger partial charge < -0.3 is 50.7 Å². The van der Waals surface area contributed by atoms with Gasteiger partial charge in [-0.15, -0.1) is 22.9 Å². The molecular formula is C34H38ClN9O5S. The molecule has 7 N–H and O–H groups in total. The lowest BCUT2D eigenvalue weighted by molar-refractivity contribution is -0.117. The molecule has 1 aromatic carbocycles. The number of rotatable bonds is 12. The Balaban J connectivity index is 1.09. The van der Waals surface area contributed by atoms with Crippen LogP contribution in [0.4, 0.5) is 22.7 Å². The van der Waals surface area contributed by atoms with Gasteiger partial charge in [0.15, 0.2) is 0 Å². The van der Waals surface area contributed by atoms with E-state index < -0.39 is 17.7 Å². The Morgan fingerprint density at radius 1 is 0.900 bits per heavy atom. The van der Waals surface area contributed by atoms with Gasteiger partial charge in [-0.1, -0.05) is 0 Å². The fourth-order valence-corrected chi connectivity index (χ4v) is 7.58. The minimum absolute atomic E-state index is 0.0176. The molecule has 0 aliphatic carbocycles. The van der Waals surface area contributed by atoms with Crippen LogP contribution in [0.1, 0.15) is 54.9 Å². The SMILES string of the molecule is Cc1csc2c(O)cc3c(c12)[C@H](CCl)CN3CNc1cc(C(=O)Nc2cc(C(=O)Nc3cc(C(=O)NCCC(N)=O)n(C)c3)n(C)c2)n(C)c1. The van der Waals surface area contributed by atoms with Crippen molar-refractivity contribution in [3.05, 3.63) is 76.4 Å². The van der Waals surface area contributed by atoms with E-state index in [-0.39, 0.29) is 36.2 Å². The van der Waals surface area contributed by atoms with Crippen LogP contribution < -0.4 is 31.9 Å². The minimum atomic E-state index is -0.521. The van der Waals surface area contributed by atoms with Gasteiger partial charge in [-0.25, -0.2) is 0 Å². The molecule has 0 saturated carbocycles. The summed E-state index contributed by atoms with van der Waals surface area (Å²) in [5, 5.41) is 25.5. The number of thiophene rings is 1. The molecule has 0 unspecified atom stereocenters. The molecule has 1 aliphatic heterocycles. The standard InChI is InChI=1S/C34H38ClN9O5S/c1-18-16-50-31-27(45)10-23-30(29(18)31)19(11-35)12-44(23)17-38-20-7-25(41(2)13-20)33(48)40-22-9-26(43(4)15-22)34(49)39-21-8-24(42(3)14-21)32(47)37-6-5-28(36)46/h7-10,13-16,19,38,45H,5-6,11-12,17H2,1-4H3,(H2,36,46)(H,37,47)(H,39,49)(H,40,48)/t19-/m1/s1. The number of phenols is 1. The summed E-state index contributed by atoms with van der Waals surface area (Å²) >= 11 is 7.94. The van der Waals surface area contributed by atoms with E-state index in [4.69, 9.17) is 17.3 Å². The molecule has 6 rings (SSSR count). The first-order chi connectivity index (χ1) is 23.8. The van der Waals surface area contributed by atoms with Gasteiger partial charge in [0.2, 0.25) is 5.91 Å². The van der Waals surface area contributed by atoms with Gasteiger partial charge in [-0.05, 0) is 41.6 Å². The van der Waals surface area contributed by atoms with Gasteiger partial charge in [0, 0.05) is 88.2 Å². The van der Waals surface area contributed by atoms with Crippen molar-refractivity contribution < 1.29 is 24.3 Å². The fourth-order valence-electron chi connectivity index (χ4n) is 6.35. The average Bonchev–Trinajstić information content (AvgIpc) is 3.87. The van der Waals surface area contributed by atoms with Crippen LogP contribution in [0.3, 0.4) is 0 Å². The quantitative estimate of drug-likeness (QED) is 0.104. The molecule has 1 atom stereocenters. The fraction of sp³-hybridized carbons (Fsp3) is 0.294. The van der Waals surface area contributed by atoms with Gasteiger partial charge in [0.05, 0.1) is 28.4 Å². The van der Waals surface area contributed by atoms with Crippen LogP contribution in [0.2, 0.25) is 0 Å². The van der Waals surface area contributed by atoms with Crippen molar-refractivity contribution in [3.63, 3.8) is 0 Å². The first-order valence-corrected chi connectivity index (χ1v) is 17.2. The summed E-state index contributed by atoms with van der Waals surface area (Å²) in [7, 11) is 5.13. The highest BCUT2D eigenvalue weighted by Crippen LogP contribution is 2.48. The van der Waals surface area contributed by atoms with Crippen LogP contribution in [0.15, 0.2) is 48.2 Å². The zero-order chi connectivity index (χ0) is 35.9. The van der Waals surface area contributed by atoms with E-state index in [0.717, 1.165) is 32.6 Å².